The topological polar surface area (TPSA) is 56.1 Å². The molecule has 0 saturated heterocycles. The Kier molecular flexibility index (Phi) is 4.82. The fourth-order valence-corrected chi connectivity index (χ4v) is 1.17. The van der Waals surface area contributed by atoms with Crippen LogP contribution in [-0.4, -0.2) is 22.4 Å². The molecule has 0 spiro atoms. The number of hydrogen-bond donors (Lipinski definition) is 1. The summed E-state index contributed by atoms with van der Waals surface area (Å²) >= 11 is 0. The largest absolute Gasteiger partial charge is 0.412 e. The van der Waals surface area contributed by atoms with Crippen LogP contribution in [0.3, 0.4) is 0 Å². The summed E-state index contributed by atoms with van der Waals surface area (Å²) in [4.78, 5) is 11.2. The lowest BCUT2D eigenvalue weighted by atomic mass is 10.3. The van der Waals surface area contributed by atoms with Gasteiger partial charge in [-0.3, -0.25) is 4.68 Å². The standard InChI is InChI=1S/C11H19N3O2/c1-4-6-12-11(15)16-10-7-13-14(8-10)9(3)5-2/h7-9H,4-6H2,1-3H3,(H,12,15). The van der Waals surface area contributed by atoms with E-state index in [1.165, 1.54) is 0 Å². The SMILES string of the molecule is CCCNC(=O)Oc1cnn(C(C)CC)c1. The molecule has 0 fully saturated rings. The summed E-state index contributed by atoms with van der Waals surface area (Å²) in [5, 5.41) is 6.77. The van der Waals surface area contributed by atoms with Gasteiger partial charge in [-0.1, -0.05) is 13.8 Å². The number of rotatable bonds is 5. The third-order valence-electron chi connectivity index (χ3n) is 2.35. The van der Waals surface area contributed by atoms with E-state index in [4.69, 9.17) is 4.74 Å². The molecule has 5 nitrogen and oxygen atoms in total. The minimum atomic E-state index is -0.425. The molecule has 0 radical (unpaired) electrons. The Morgan fingerprint density at radius 2 is 2.38 bits per heavy atom. The van der Waals surface area contributed by atoms with Crippen LogP contribution in [0.4, 0.5) is 4.79 Å². The van der Waals surface area contributed by atoms with E-state index in [0.29, 0.717) is 18.3 Å². The van der Waals surface area contributed by atoms with E-state index < -0.39 is 6.09 Å². The van der Waals surface area contributed by atoms with Crippen LogP contribution in [0.25, 0.3) is 0 Å². The highest BCUT2D eigenvalue weighted by Crippen LogP contribution is 2.14. The molecule has 5 heteroatoms. The van der Waals surface area contributed by atoms with Crippen LogP contribution >= 0.6 is 0 Å². The van der Waals surface area contributed by atoms with E-state index in [9.17, 15) is 4.79 Å². The number of carbonyl (C=O) groups excluding carboxylic acids is 1. The number of nitrogens with zero attached hydrogens (tertiary/aromatic N) is 2. The first-order valence-electron chi connectivity index (χ1n) is 5.67. The molecule has 0 bridgehead atoms. The van der Waals surface area contributed by atoms with Crippen LogP contribution < -0.4 is 10.1 Å². The summed E-state index contributed by atoms with van der Waals surface area (Å²) < 4.78 is 6.85. The minimum Gasteiger partial charge on any atom is -0.407 e. The van der Waals surface area contributed by atoms with Crippen LogP contribution in [0, 0.1) is 0 Å². The monoisotopic (exact) mass is 225 g/mol. The third kappa shape index (κ3) is 3.56. The van der Waals surface area contributed by atoms with Crippen molar-refractivity contribution in [2.45, 2.75) is 39.7 Å². The van der Waals surface area contributed by atoms with Gasteiger partial charge in [0.1, 0.15) is 0 Å². The van der Waals surface area contributed by atoms with Crippen molar-refractivity contribution in [1.82, 2.24) is 15.1 Å². The molecular formula is C11H19N3O2. The second-order valence-electron chi connectivity index (χ2n) is 3.73. The maximum Gasteiger partial charge on any atom is 0.412 e. The second-order valence-corrected chi connectivity index (χ2v) is 3.73. The van der Waals surface area contributed by atoms with Gasteiger partial charge in [0.05, 0.1) is 12.4 Å². The molecule has 0 aliphatic heterocycles. The van der Waals surface area contributed by atoms with Gasteiger partial charge in [0.15, 0.2) is 5.75 Å². The van der Waals surface area contributed by atoms with E-state index in [2.05, 4.69) is 24.3 Å². The van der Waals surface area contributed by atoms with Crippen LogP contribution in [0.2, 0.25) is 0 Å². The second kappa shape index (κ2) is 6.15. The summed E-state index contributed by atoms with van der Waals surface area (Å²) in [7, 11) is 0. The molecule has 1 aromatic rings. The van der Waals surface area contributed by atoms with Crippen molar-refractivity contribution in [3.05, 3.63) is 12.4 Å². The van der Waals surface area contributed by atoms with Crippen molar-refractivity contribution in [2.75, 3.05) is 6.54 Å². The first kappa shape index (κ1) is 12.5. The third-order valence-corrected chi connectivity index (χ3v) is 2.35. The Labute approximate surface area is 95.8 Å². The van der Waals surface area contributed by atoms with E-state index in [-0.39, 0.29) is 0 Å². The first-order chi connectivity index (χ1) is 7.67. The number of hydrogen-bond acceptors (Lipinski definition) is 3. The summed E-state index contributed by atoms with van der Waals surface area (Å²) in [6.45, 7) is 6.76. The molecule has 0 aliphatic rings. The molecule has 90 valence electrons. The van der Waals surface area contributed by atoms with Gasteiger partial charge in [-0.2, -0.15) is 5.10 Å². The Morgan fingerprint density at radius 1 is 1.62 bits per heavy atom. The molecule has 1 rings (SSSR count). The zero-order valence-electron chi connectivity index (χ0n) is 10.1. The Balaban J connectivity index is 2.48. The van der Waals surface area contributed by atoms with Crippen molar-refractivity contribution in [1.29, 1.82) is 0 Å². The highest BCUT2D eigenvalue weighted by molar-refractivity contribution is 5.69. The highest BCUT2D eigenvalue weighted by Gasteiger charge is 2.08. The predicted octanol–water partition coefficient (Wildman–Crippen LogP) is 2.35. The van der Waals surface area contributed by atoms with Gasteiger partial charge in [-0.05, 0) is 19.8 Å². The summed E-state index contributed by atoms with van der Waals surface area (Å²) in [5.41, 5.74) is 0. The predicted molar refractivity (Wildman–Crippen MR) is 61.5 cm³/mol. The molecule has 16 heavy (non-hydrogen) atoms. The molecule has 1 heterocycles. The number of ether oxygens (including phenoxy) is 1. The van der Waals surface area contributed by atoms with E-state index in [0.717, 1.165) is 12.8 Å². The smallest absolute Gasteiger partial charge is 0.407 e. The van der Waals surface area contributed by atoms with Crippen molar-refractivity contribution < 1.29 is 9.53 Å². The van der Waals surface area contributed by atoms with Gasteiger partial charge >= 0.3 is 6.09 Å². The normalized spacial score (nSPS) is 12.2. The maximum absolute atomic E-state index is 11.2. The van der Waals surface area contributed by atoms with Crippen molar-refractivity contribution in [3.63, 3.8) is 0 Å². The fourth-order valence-electron chi connectivity index (χ4n) is 1.17. The molecule has 1 unspecified atom stereocenters. The highest BCUT2D eigenvalue weighted by atomic mass is 16.6. The quantitative estimate of drug-likeness (QED) is 0.836. The Hall–Kier alpha value is -1.52. The number of carbonyl (C=O) groups is 1. The van der Waals surface area contributed by atoms with Gasteiger partial charge in [0.2, 0.25) is 0 Å². The van der Waals surface area contributed by atoms with E-state index >= 15 is 0 Å². The molecule has 0 aromatic carbocycles. The molecule has 1 aromatic heterocycles. The van der Waals surface area contributed by atoms with Gasteiger partial charge in [-0.25, -0.2) is 4.79 Å². The lowest BCUT2D eigenvalue weighted by Crippen LogP contribution is -2.27. The zero-order valence-corrected chi connectivity index (χ0v) is 10.1. The molecular weight excluding hydrogens is 206 g/mol. The number of nitrogens with one attached hydrogen (secondary N) is 1. The molecule has 1 N–H and O–H groups in total. The maximum atomic E-state index is 11.2. The zero-order chi connectivity index (χ0) is 12.0. The molecule has 1 amide bonds. The molecule has 0 aliphatic carbocycles. The van der Waals surface area contributed by atoms with Crippen molar-refractivity contribution in [3.8, 4) is 5.75 Å². The van der Waals surface area contributed by atoms with Gasteiger partial charge < -0.3 is 10.1 Å². The van der Waals surface area contributed by atoms with Crippen LogP contribution in [0.15, 0.2) is 12.4 Å². The summed E-state index contributed by atoms with van der Waals surface area (Å²) in [6.07, 6.45) is 4.74. The van der Waals surface area contributed by atoms with Crippen molar-refractivity contribution >= 4 is 6.09 Å². The first-order valence-corrected chi connectivity index (χ1v) is 5.67. The van der Waals surface area contributed by atoms with Crippen molar-refractivity contribution in [2.24, 2.45) is 0 Å². The van der Waals surface area contributed by atoms with Crippen LogP contribution in [0.5, 0.6) is 5.75 Å². The van der Waals surface area contributed by atoms with Crippen LogP contribution in [0.1, 0.15) is 39.7 Å². The van der Waals surface area contributed by atoms with E-state index in [1.54, 1.807) is 17.1 Å². The Bertz CT molecular complexity index is 336. The van der Waals surface area contributed by atoms with Gasteiger partial charge in [-0.15, -0.1) is 0 Å². The summed E-state index contributed by atoms with van der Waals surface area (Å²) in [6, 6.07) is 0.316. The molecule has 1 atom stereocenters. The average Bonchev–Trinajstić information content (AvgIpc) is 2.73. The van der Waals surface area contributed by atoms with Gasteiger partial charge in [0.25, 0.3) is 0 Å². The van der Waals surface area contributed by atoms with Crippen LogP contribution in [-0.2, 0) is 0 Å². The van der Waals surface area contributed by atoms with Gasteiger partial charge in [0, 0.05) is 12.6 Å². The van der Waals surface area contributed by atoms with E-state index in [1.807, 2.05) is 6.92 Å². The average molecular weight is 225 g/mol. The fraction of sp³-hybridized carbons (Fsp3) is 0.636. The number of amides is 1. The summed E-state index contributed by atoms with van der Waals surface area (Å²) in [5.74, 6) is 0.480. The Morgan fingerprint density at radius 3 is 3.00 bits per heavy atom. The molecule has 0 saturated carbocycles. The lowest BCUT2D eigenvalue weighted by Gasteiger charge is -2.07. The minimum absolute atomic E-state index is 0.316. The number of aromatic nitrogens is 2. The lowest BCUT2D eigenvalue weighted by molar-refractivity contribution is 0.200.